The number of hydrogen-bond donors (Lipinski definition) is 1. The minimum atomic E-state index is -0.395. The van der Waals surface area contributed by atoms with Crippen molar-refractivity contribution in [2.24, 2.45) is 5.16 Å². The lowest BCUT2D eigenvalue weighted by atomic mass is 9.63. The number of esters is 1. The smallest absolute Gasteiger partial charge is 0.337 e. The lowest BCUT2D eigenvalue weighted by molar-refractivity contribution is 0.0600. The predicted octanol–water partition coefficient (Wildman–Crippen LogP) is 5.81. The standard InChI is InChI=1S/C23H26BrNO3/c1-22(2)10-11-23(3,4)18-13-19(24)16(12-17(18)22)20(25-27)14-6-8-15(9-7-14)21(26)28-5/h6-9,12-13,27H,10-11H2,1-5H3/b25-20-. The maximum atomic E-state index is 11.7. The topological polar surface area (TPSA) is 58.9 Å². The lowest BCUT2D eigenvalue weighted by Crippen LogP contribution is -2.34. The molecule has 0 amide bonds. The average molecular weight is 444 g/mol. The monoisotopic (exact) mass is 443 g/mol. The summed E-state index contributed by atoms with van der Waals surface area (Å²) in [6.45, 7) is 9.08. The van der Waals surface area contributed by atoms with E-state index < -0.39 is 5.97 Å². The molecule has 3 rings (SSSR count). The highest BCUT2D eigenvalue weighted by molar-refractivity contribution is 9.10. The number of carbonyl (C=O) groups is 1. The van der Waals surface area contributed by atoms with Gasteiger partial charge >= 0.3 is 5.97 Å². The molecular weight excluding hydrogens is 418 g/mol. The maximum absolute atomic E-state index is 11.7. The first-order valence-corrected chi connectivity index (χ1v) is 10.2. The molecule has 5 heteroatoms. The third kappa shape index (κ3) is 3.60. The van der Waals surface area contributed by atoms with Crippen LogP contribution < -0.4 is 0 Å². The first-order chi connectivity index (χ1) is 13.1. The molecule has 0 spiro atoms. The minimum Gasteiger partial charge on any atom is -0.465 e. The van der Waals surface area contributed by atoms with E-state index in [1.807, 2.05) is 0 Å². The second kappa shape index (κ2) is 7.36. The van der Waals surface area contributed by atoms with Crippen LogP contribution >= 0.6 is 15.9 Å². The quantitative estimate of drug-likeness (QED) is 0.281. The van der Waals surface area contributed by atoms with Gasteiger partial charge in [-0.25, -0.2) is 4.79 Å². The fraction of sp³-hybridized carbons (Fsp3) is 0.391. The van der Waals surface area contributed by atoms with Gasteiger partial charge in [0.15, 0.2) is 0 Å². The number of hydrogen-bond acceptors (Lipinski definition) is 4. The Morgan fingerprint density at radius 2 is 1.50 bits per heavy atom. The number of oxime groups is 1. The summed E-state index contributed by atoms with van der Waals surface area (Å²) in [5.74, 6) is -0.395. The van der Waals surface area contributed by atoms with Crippen LogP contribution in [0.2, 0.25) is 0 Å². The van der Waals surface area contributed by atoms with Gasteiger partial charge in [-0.1, -0.05) is 60.9 Å². The Kier molecular flexibility index (Phi) is 5.41. The summed E-state index contributed by atoms with van der Waals surface area (Å²) in [7, 11) is 1.35. The van der Waals surface area contributed by atoms with E-state index in [1.165, 1.54) is 18.2 Å². The molecule has 0 aliphatic heterocycles. The number of halogens is 1. The molecule has 0 saturated carbocycles. The molecule has 28 heavy (non-hydrogen) atoms. The van der Waals surface area contributed by atoms with Gasteiger partial charge in [0.1, 0.15) is 5.71 Å². The molecule has 1 N–H and O–H groups in total. The molecule has 0 aromatic heterocycles. The van der Waals surface area contributed by atoms with Gasteiger partial charge in [-0.3, -0.25) is 0 Å². The van der Waals surface area contributed by atoms with E-state index in [0.717, 1.165) is 28.4 Å². The van der Waals surface area contributed by atoms with Crippen LogP contribution in [0.4, 0.5) is 0 Å². The van der Waals surface area contributed by atoms with E-state index in [2.05, 4.69) is 60.9 Å². The Bertz CT molecular complexity index is 943. The van der Waals surface area contributed by atoms with Crippen LogP contribution in [-0.2, 0) is 15.6 Å². The van der Waals surface area contributed by atoms with E-state index in [1.54, 1.807) is 24.3 Å². The lowest BCUT2D eigenvalue weighted by Gasteiger charge is -2.42. The highest BCUT2D eigenvalue weighted by atomic mass is 79.9. The van der Waals surface area contributed by atoms with Crippen molar-refractivity contribution in [1.29, 1.82) is 0 Å². The zero-order chi connectivity index (χ0) is 20.7. The second-order valence-corrected chi connectivity index (χ2v) is 9.52. The van der Waals surface area contributed by atoms with E-state index in [4.69, 9.17) is 4.74 Å². The first kappa shape index (κ1) is 20.6. The molecule has 1 aliphatic carbocycles. The number of fused-ring (bicyclic) bond motifs is 1. The van der Waals surface area contributed by atoms with Crippen LogP contribution in [0, 0.1) is 0 Å². The molecular formula is C23H26BrNO3. The van der Waals surface area contributed by atoms with Gasteiger partial charge < -0.3 is 9.94 Å². The number of carbonyl (C=O) groups excluding carboxylic acids is 1. The van der Waals surface area contributed by atoms with Crippen LogP contribution in [0.15, 0.2) is 46.0 Å². The van der Waals surface area contributed by atoms with E-state index >= 15 is 0 Å². The van der Waals surface area contributed by atoms with Crippen molar-refractivity contribution in [3.8, 4) is 0 Å². The fourth-order valence-electron chi connectivity index (χ4n) is 3.92. The summed E-state index contributed by atoms with van der Waals surface area (Å²) < 4.78 is 5.64. The van der Waals surface area contributed by atoms with Gasteiger partial charge in [-0.2, -0.15) is 0 Å². The molecule has 0 fully saturated rings. The third-order valence-electron chi connectivity index (χ3n) is 5.88. The Morgan fingerprint density at radius 1 is 1.00 bits per heavy atom. The molecule has 0 atom stereocenters. The molecule has 0 heterocycles. The molecule has 148 valence electrons. The molecule has 4 nitrogen and oxygen atoms in total. The zero-order valence-corrected chi connectivity index (χ0v) is 18.6. The molecule has 2 aromatic rings. The summed E-state index contributed by atoms with van der Waals surface area (Å²) in [6, 6.07) is 11.2. The van der Waals surface area contributed by atoms with Crippen molar-refractivity contribution in [2.45, 2.75) is 51.4 Å². The van der Waals surface area contributed by atoms with Gasteiger partial charge in [0.05, 0.1) is 12.7 Å². The molecule has 0 unspecified atom stereocenters. The number of benzene rings is 2. The average Bonchev–Trinajstić information content (AvgIpc) is 2.67. The van der Waals surface area contributed by atoms with Crippen LogP contribution in [0.5, 0.6) is 0 Å². The van der Waals surface area contributed by atoms with Crippen molar-refractivity contribution in [3.63, 3.8) is 0 Å². The Morgan fingerprint density at radius 3 is 2.00 bits per heavy atom. The van der Waals surface area contributed by atoms with Gasteiger partial charge in [-0.05, 0) is 59.1 Å². The van der Waals surface area contributed by atoms with Crippen LogP contribution in [0.3, 0.4) is 0 Å². The maximum Gasteiger partial charge on any atom is 0.337 e. The van der Waals surface area contributed by atoms with E-state index in [0.29, 0.717) is 11.3 Å². The zero-order valence-electron chi connectivity index (χ0n) is 17.0. The summed E-state index contributed by atoms with van der Waals surface area (Å²) in [5.41, 5.74) is 5.25. The minimum absolute atomic E-state index is 0.0512. The van der Waals surface area contributed by atoms with Gasteiger partial charge in [-0.15, -0.1) is 0 Å². The Balaban J connectivity index is 2.11. The first-order valence-electron chi connectivity index (χ1n) is 9.36. The number of rotatable bonds is 3. The normalized spacial score (nSPS) is 17.7. The van der Waals surface area contributed by atoms with Crippen molar-refractivity contribution in [1.82, 2.24) is 0 Å². The summed E-state index contributed by atoms with van der Waals surface area (Å²) in [4.78, 5) is 11.7. The fourth-order valence-corrected chi connectivity index (χ4v) is 4.45. The number of ether oxygens (including phenoxy) is 1. The van der Waals surface area contributed by atoms with Crippen molar-refractivity contribution in [3.05, 3.63) is 68.7 Å². The van der Waals surface area contributed by atoms with E-state index in [9.17, 15) is 10.0 Å². The van der Waals surface area contributed by atoms with E-state index in [-0.39, 0.29) is 10.8 Å². The van der Waals surface area contributed by atoms with Crippen LogP contribution in [0.1, 0.15) is 73.1 Å². The summed E-state index contributed by atoms with van der Waals surface area (Å²) in [6.07, 6.45) is 2.24. The van der Waals surface area contributed by atoms with Crippen LogP contribution in [0.25, 0.3) is 0 Å². The highest BCUT2D eigenvalue weighted by Crippen LogP contribution is 2.47. The van der Waals surface area contributed by atoms with Crippen molar-refractivity contribution in [2.75, 3.05) is 7.11 Å². The molecule has 0 saturated heterocycles. The summed E-state index contributed by atoms with van der Waals surface area (Å²) >= 11 is 3.69. The molecule has 2 aromatic carbocycles. The van der Waals surface area contributed by atoms with Gasteiger partial charge in [0, 0.05) is 15.6 Å². The Labute approximate surface area is 174 Å². The van der Waals surface area contributed by atoms with Gasteiger partial charge in [0.2, 0.25) is 0 Å². The second-order valence-electron chi connectivity index (χ2n) is 8.66. The number of nitrogens with zero attached hydrogens (tertiary/aromatic N) is 1. The van der Waals surface area contributed by atoms with Crippen molar-refractivity contribution >= 4 is 27.6 Å². The molecule has 1 aliphatic rings. The number of methoxy groups -OCH3 is 1. The predicted molar refractivity (Wildman–Crippen MR) is 115 cm³/mol. The highest BCUT2D eigenvalue weighted by Gasteiger charge is 2.38. The van der Waals surface area contributed by atoms with Crippen LogP contribution in [-0.4, -0.2) is 24.0 Å². The van der Waals surface area contributed by atoms with Gasteiger partial charge in [0.25, 0.3) is 0 Å². The summed E-state index contributed by atoms with van der Waals surface area (Å²) in [5, 5.41) is 13.4. The largest absolute Gasteiger partial charge is 0.465 e. The Hall–Kier alpha value is -2.14. The third-order valence-corrected chi connectivity index (χ3v) is 6.53. The molecule has 0 radical (unpaired) electrons. The van der Waals surface area contributed by atoms with Crippen molar-refractivity contribution < 1.29 is 14.7 Å². The SMILES string of the molecule is COC(=O)c1ccc(/C(=N/O)c2cc3c(cc2Br)C(C)(C)CCC3(C)C)cc1. The molecule has 0 bridgehead atoms.